The molecule has 3 rings (SSSR count). The summed E-state index contributed by atoms with van der Waals surface area (Å²) in [6.07, 6.45) is 0.874. The molecule has 0 radical (unpaired) electrons. The highest BCUT2D eigenvalue weighted by molar-refractivity contribution is 7.91. The number of amides is 1. The van der Waals surface area contributed by atoms with Gasteiger partial charge in [-0.05, 0) is 36.4 Å². The molecule has 1 aliphatic rings. The number of carboxylic acids is 1. The van der Waals surface area contributed by atoms with Crippen molar-refractivity contribution in [2.45, 2.75) is 23.1 Å². The highest BCUT2D eigenvalue weighted by Gasteiger charge is 2.33. The molecule has 1 unspecified atom stereocenters. The van der Waals surface area contributed by atoms with E-state index >= 15 is 0 Å². The van der Waals surface area contributed by atoms with Crippen molar-refractivity contribution in [2.24, 2.45) is 0 Å². The number of thiophene rings is 1. The first-order valence-corrected chi connectivity index (χ1v) is 10.2. The Morgan fingerprint density at radius 2 is 2.16 bits per heavy atom. The molecule has 10 heteroatoms. The van der Waals surface area contributed by atoms with Gasteiger partial charge >= 0.3 is 5.97 Å². The Hall–Kier alpha value is -1.68. The number of piperidine rings is 1. The van der Waals surface area contributed by atoms with Crippen LogP contribution in [0.5, 0.6) is 0 Å². The summed E-state index contributed by atoms with van der Waals surface area (Å²) in [6.45, 7) is -0.122. The van der Waals surface area contributed by atoms with Gasteiger partial charge in [0.05, 0.1) is 0 Å². The Balaban J connectivity index is 1.82. The minimum absolute atomic E-state index is 0.0907. The molecule has 1 amide bonds. The number of carbonyl (C=O) groups excluding carboxylic acids is 1. The number of likely N-dealkylation sites (tertiary alicyclic amines) is 1. The van der Waals surface area contributed by atoms with Gasteiger partial charge in [-0.25, -0.2) is 8.42 Å². The van der Waals surface area contributed by atoms with Crippen LogP contribution in [0.2, 0.25) is 5.02 Å². The average Bonchev–Trinajstić information content (AvgIpc) is 2.94. The second-order valence-electron chi connectivity index (χ2n) is 5.72. The van der Waals surface area contributed by atoms with E-state index in [1.165, 1.54) is 6.07 Å². The molecule has 0 aliphatic carbocycles. The molecule has 1 saturated heterocycles. The van der Waals surface area contributed by atoms with Gasteiger partial charge in [0.1, 0.15) is 16.8 Å². The Labute approximate surface area is 153 Å². The number of fused-ring (bicyclic) bond motifs is 1. The number of hydrogen-bond acceptors (Lipinski definition) is 5. The standard InChI is InChI=1S/C15H15ClN2O5S2/c16-10-4-3-9-6-14(24-12(9)7-10)25(22,23)17-11-2-1-5-18(15(11)21)8-13(19)20/h3-4,6-7,11,17H,1-2,5,8H2,(H,19,20). The highest BCUT2D eigenvalue weighted by Crippen LogP contribution is 2.31. The number of halogens is 1. The molecule has 1 aromatic carbocycles. The average molecular weight is 403 g/mol. The maximum absolute atomic E-state index is 12.6. The third-order valence-electron chi connectivity index (χ3n) is 3.88. The first-order chi connectivity index (χ1) is 11.8. The van der Waals surface area contributed by atoms with Crippen LogP contribution in [0.15, 0.2) is 28.5 Å². The number of rotatable bonds is 5. The molecule has 0 spiro atoms. The van der Waals surface area contributed by atoms with Gasteiger partial charge in [0, 0.05) is 16.3 Å². The van der Waals surface area contributed by atoms with Crippen LogP contribution >= 0.6 is 22.9 Å². The van der Waals surface area contributed by atoms with Crippen molar-refractivity contribution in [3.8, 4) is 0 Å². The van der Waals surface area contributed by atoms with E-state index in [0.717, 1.165) is 26.3 Å². The summed E-state index contributed by atoms with van der Waals surface area (Å²) in [5.41, 5.74) is 0. The largest absolute Gasteiger partial charge is 0.480 e. The molecular formula is C15H15ClN2O5S2. The van der Waals surface area contributed by atoms with E-state index in [4.69, 9.17) is 16.7 Å². The molecule has 2 heterocycles. The molecule has 134 valence electrons. The van der Waals surface area contributed by atoms with E-state index in [2.05, 4.69) is 4.72 Å². The first kappa shape index (κ1) is 18.1. The van der Waals surface area contributed by atoms with Gasteiger partial charge in [-0.15, -0.1) is 11.3 Å². The summed E-state index contributed by atoms with van der Waals surface area (Å²) < 4.78 is 28.4. The number of benzene rings is 1. The summed E-state index contributed by atoms with van der Waals surface area (Å²) in [4.78, 5) is 24.3. The maximum atomic E-state index is 12.6. The minimum Gasteiger partial charge on any atom is -0.480 e. The molecular weight excluding hydrogens is 388 g/mol. The van der Waals surface area contributed by atoms with Gasteiger partial charge in [0.15, 0.2) is 0 Å². The van der Waals surface area contributed by atoms with Crippen molar-refractivity contribution in [1.29, 1.82) is 0 Å². The summed E-state index contributed by atoms with van der Waals surface area (Å²) in [5.74, 6) is -1.64. The molecule has 1 aliphatic heterocycles. The Kier molecular flexibility index (Phi) is 5.01. The summed E-state index contributed by atoms with van der Waals surface area (Å²) in [5, 5.41) is 10.1. The lowest BCUT2D eigenvalue weighted by molar-refractivity contribution is -0.146. The van der Waals surface area contributed by atoms with Crippen molar-refractivity contribution in [1.82, 2.24) is 9.62 Å². The van der Waals surface area contributed by atoms with Crippen LogP contribution in [0.3, 0.4) is 0 Å². The zero-order chi connectivity index (χ0) is 18.2. The van der Waals surface area contributed by atoms with E-state index in [1.807, 2.05) is 0 Å². The quantitative estimate of drug-likeness (QED) is 0.795. The topological polar surface area (TPSA) is 104 Å². The number of sulfonamides is 1. The summed E-state index contributed by atoms with van der Waals surface area (Å²) in [7, 11) is -3.89. The zero-order valence-corrected chi connectivity index (χ0v) is 15.3. The minimum atomic E-state index is -3.89. The van der Waals surface area contributed by atoms with Crippen molar-refractivity contribution < 1.29 is 23.1 Å². The highest BCUT2D eigenvalue weighted by atomic mass is 35.5. The molecule has 1 fully saturated rings. The van der Waals surface area contributed by atoms with E-state index in [-0.39, 0.29) is 4.21 Å². The molecule has 7 nitrogen and oxygen atoms in total. The van der Waals surface area contributed by atoms with Crippen molar-refractivity contribution in [2.75, 3.05) is 13.1 Å². The van der Waals surface area contributed by atoms with Crippen LogP contribution in [0.1, 0.15) is 12.8 Å². The normalized spacial score (nSPS) is 18.7. The van der Waals surface area contributed by atoms with Gasteiger partial charge in [-0.1, -0.05) is 17.7 Å². The third-order valence-corrected chi connectivity index (χ3v) is 7.16. The van der Waals surface area contributed by atoms with Crippen LogP contribution in [0.4, 0.5) is 0 Å². The zero-order valence-electron chi connectivity index (χ0n) is 12.9. The van der Waals surface area contributed by atoms with Crippen LogP contribution in [0, 0.1) is 0 Å². The maximum Gasteiger partial charge on any atom is 0.323 e. The number of aliphatic carboxylic acids is 1. The van der Waals surface area contributed by atoms with Gasteiger partial charge in [-0.2, -0.15) is 4.72 Å². The number of carbonyl (C=O) groups is 2. The van der Waals surface area contributed by atoms with E-state index < -0.39 is 34.5 Å². The SMILES string of the molecule is O=C(O)CN1CCCC(NS(=O)(=O)c2cc3ccc(Cl)cc3s2)C1=O. The van der Waals surface area contributed by atoms with Crippen molar-refractivity contribution in [3.63, 3.8) is 0 Å². The molecule has 2 N–H and O–H groups in total. The molecule has 0 bridgehead atoms. The van der Waals surface area contributed by atoms with E-state index in [0.29, 0.717) is 24.4 Å². The lowest BCUT2D eigenvalue weighted by Crippen LogP contribution is -2.53. The summed E-state index contributed by atoms with van der Waals surface area (Å²) in [6, 6.07) is 5.66. The lowest BCUT2D eigenvalue weighted by Gasteiger charge is -2.31. The number of nitrogens with one attached hydrogen (secondary N) is 1. The first-order valence-electron chi connectivity index (χ1n) is 7.48. The smallest absolute Gasteiger partial charge is 0.323 e. The van der Waals surface area contributed by atoms with Crippen LogP contribution in [-0.4, -0.2) is 49.4 Å². The lowest BCUT2D eigenvalue weighted by atomic mass is 10.1. The second-order valence-corrected chi connectivity index (χ2v) is 9.18. The Bertz CT molecular complexity index is 941. The van der Waals surface area contributed by atoms with Gasteiger partial charge in [0.25, 0.3) is 10.0 Å². The Morgan fingerprint density at radius 1 is 1.40 bits per heavy atom. The molecule has 0 saturated carbocycles. The van der Waals surface area contributed by atoms with Gasteiger partial charge < -0.3 is 10.0 Å². The number of nitrogens with zero attached hydrogens (tertiary/aromatic N) is 1. The Morgan fingerprint density at radius 3 is 2.88 bits per heavy atom. The van der Waals surface area contributed by atoms with Crippen LogP contribution in [-0.2, 0) is 19.6 Å². The van der Waals surface area contributed by atoms with Crippen molar-refractivity contribution >= 4 is 54.9 Å². The van der Waals surface area contributed by atoms with Crippen LogP contribution < -0.4 is 4.72 Å². The predicted octanol–water partition coefficient (Wildman–Crippen LogP) is 1.91. The van der Waals surface area contributed by atoms with Gasteiger partial charge in [0.2, 0.25) is 5.91 Å². The fourth-order valence-electron chi connectivity index (χ4n) is 2.73. The fourth-order valence-corrected chi connectivity index (χ4v) is 5.64. The third kappa shape index (κ3) is 3.95. The number of carboxylic acid groups (broad SMARTS) is 1. The van der Waals surface area contributed by atoms with E-state index in [9.17, 15) is 18.0 Å². The summed E-state index contributed by atoms with van der Waals surface area (Å²) >= 11 is 6.98. The van der Waals surface area contributed by atoms with Gasteiger partial charge in [-0.3, -0.25) is 9.59 Å². The molecule has 1 aromatic heterocycles. The monoisotopic (exact) mass is 402 g/mol. The second kappa shape index (κ2) is 6.91. The molecule has 25 heavy (non-hydrogen) atoms. The van der Waals surface area contributed by atoms with Crippen molar-refractivity contribution in [3.05, 3.63) is 29.3 Å². The number of hydrogen-bond donors (Lipinski definition) is 2. The van der Waals surface area contributed by atoms with E-state index in [1.54, 1.807) is 18.2 Å². The fraction of sp³-hybridized carbons (Fsp3) is 0.333. The molecule has 2 aromatic rings. The van der Waals surface area contributed by atoms with Crippen LogP contribution in [0.25, 0.3) is 10.1 Å². The predicted molar refractivity (Wildman–Crippen MR) is 94.4 cm³/mol. The molecule has 1 atom stereocenters.